The molecular formula is C15H19F2NO. The molecule has 1 aliphatic carbocycles. The van der Waals surface area contributed by atoms with Crippen molar-refractivity contribution in [3.63, 3.8) is 0 Å². The van der Waals surface area contributed by atoms with Crippen molar-refractivity contribution in [3.05, 3.63) is 35.4 Å². The van der Waals surface area contributed by atoms with Crippen molar-refractivity contribution in [2.75, 3.05) is 0 Å². The number of halogens is 2. The molecule has 0 spiro atoms. The topological polar surface area (TPSA) is 43.1 Å². The minimum atomic E-state index is -0.597. The van der Waals surface area contributed by atoms with Gasteiger partial charge in [-0.05, 0) is 42.4 Å². The van der Waals surface area contributed by atoms with Gasteiger partial charge in [0.2, 0.25) is 5.91 Å². The Bertz CT molecular complexity index is 435. The number of nitrogens with two attached hydrogens (primary N) is 1. The van der Waals surface area contributed by atoms with Crippen molar-refractivity contribution in [3.8, 4) is 0 Å². The van der Waals surface area contributed by atoms with E-state index in [2.05, 4.69) is 0 Å². The summed E-state index contributed by atoms with van der Waals surface area (Å²) in [6.07, 6.45) is 5.56. The second-order valence-corrected chi connectivity index (χ2v) is 5.38. The average Bonchev–Trinajstić information content (AvgIpc) is 2.35. The summed E-state index contributed by atoms with van der Waals surface area (Å²) in [6, 6.07) is 3.50. The van der Waals surface area contributed by atoms with Crippen LogP contribution >= 0.6 is 0 Å². The summed E-state index contributed by atoms with van der Waals surface area (Å²) >= 11 is 0. The Kier molecular flexibility index (Phi) is 4.51. The van der Waals surface area contributed by atoms with Gasteiger partial charge in [0.15, 0.2) is 0 Å². The van der Waals surface area contributed by atoms with Crippen LogP contribution in [0, 0.1) is 17.6 Å². The smallest absolute Gasteiger partial charge is 0.218 e. The molecule has 1 aromatic carbocycles. The highest BCUT2D eigenvalue weighted by molar-refractivity contribution is 5.74. The fourth-order valence-corrected chi connectivity index (χ4v) is 3.10. The van der Waals surface area contributed by atoms with Gasteiger partial charge in [0.25, 0.3) is 0 Å². The normalized spacial score (nSPS) is 18.2. The molecule has 1 aromatic rings. The molecule has 0 saturated heterocycles. The third kappa shape index (κ3) is 3.75. The molecule has 2 nitrogen and oxygen atoms in total. The van der Waals surface area contributed by atoms with E-state index in [1.54, 1.807) is 0 Å². The maximum absolute atomic E-state index is 13.3. The van der Waals surface area contributed by atoms with Crippen LogP contribution in [-0.2, 0) is 4.79 Å². The number of primary amides is 1. The third-order valence-electron chi connectivity index (χ3n) is 3.95. The summed E-state index contributed by atoms with van der Waals surface area (Å²) in [7, 11) is 0. The Morgan fingerprint density at radius 1 is 1.16 bits per heavy atom. The van der Waals surface area contributed by atoms with E-state index in [-0.39, 0.29) is 12.3 Å². The second kappa shape index (κ2) is 6.13. The third-order valence-corrected chi connectivity index (χ3v) is 3.95. The summed E-state index contributed by atoms with van der Waals surface area (Å²) < 4.78 is 26.7. The molecule has 1 unspecified atom stereocenters. The van der Waals surface area contributed by atoms with E-state index in [1.807, 2.05) is 0 Å². The van der Waals surface area contributed by atoms with Gasteiger partial charge in [-0.2, -0.15) is 0 Å². The summed E-state index contributed by atoms with van der Waals surface area (Å²) in [5, 5.41) is 0. The summed E-state index contributed by atoms with van der Waals surface area (Å²) in [6.45, 7) is 0. The Hall–Kier alpha value is -1.45. The first-order valence-corrected chi connectivity index (χ1v) is 6.80. The Balaban J connectivity index is 2.27. The lowest BCUT2D eigenvalue weighted by Crippen LogP contribution is -2.23. The monoisotopic (exact) mass is 267 g/mol. The molecule has 4 heteroatoms. The zero-order valence-electron chi connectivity index (χ0n) is 10.9. The van der Waals surface area contributed by atoms with Gasteiger partial charge in [0.1, 0.15) is 11.6 Å². The van der Waals surface area contributed by atoms with Crippen LogP contribution in [0.25, 0.3) is 0 Å². The van der Waals surface area contributed by atoms with Crippen molar-refractivity contribution in [1.82, 2.24) is 0 Å². The highest BCUT2D eigenvalue weighted by atomic mass is 19.1. The predicted molar refractivity (Wildman–Crippen MR) is 69.5 cm³/mol. The highest BCUT2D eigenvalue weighted by Crippen LogP contribution is 2.38. The van der Waals surface area contributed by atoms with Gasteiger partial charge in [-0.25, -0.2) is 8.78 Å². The first-order valence-electron chi connectivity index (χ1n) is 6.80. The van der Waals surface area contributed by atoms with Crippen LogP contribution in [0.2, 0.25) is 0 Å². The van der Waals surface area contributed by atoms with Crippen molar-refractivity contribution in [1.29, 1.82) is 0 Å². The standard InChI is InChI=1S/C15H19F2NO/c16-12-6-11(7-13(17)8-12)14(9-15(18)19)10-4-2-1-3-5-10/h6-8,10,14H,1-5,9H2,(H2,18,19). The molecule has 1 aliphatic rings. The minimum absolute atomic E-state index is 0.160. The summed E-state index contributed by atoms with van der Waals surface area (Å²) in [4.78, 5) is 11.2. The van der Waals surface area contributed by atoms with E-state index in [4.69, 9.17) is 5.73 Å². The molecule has 0 aliphatic heterocycles. The van der Waals surface area contributed by atoms with E-state index in [9.17, 15) is 13.6 Å². The van der Waals surface area contributed by atoms with E-state index in [0.717, 1.165) is 31.7 Å². The Labute approximate surface area is 112 Å². The second-order valence-electron chi connectivity index (χ2n) is 5.38. The van der Waals surface area contributed by atoms with Gasteiger partial charge in [0, 0.05) is 12.5 Å². The molecule has 2 N–H and O–H groups in total. The predicted octanol–water partition coefficient (Wildman–Crippen LogP) is 3.50. The van der Waals surface area contributed by atoms with Crippen LogP contribution in [0.4, 0.5) is 8.78 Å². The molecule has 0 bridgehead atoms. The molecular weight excluding hydrogens is 248 g/mol. The van der Waals surface area contributed by atoms with Crippen molar-refractivity contribution in [2.24, 2.45) is 11.7 Å². The quantitative estimate of drug-likeness (QED) is 0.891. The maximum Gasteiger partial charge on any atom is 0.218 e. The number of amides is 1. The lowest BCUT2D eigenvalue weighted by Gasteiger charge is -2.30. The van der Waals surface area contributed by atoms with Crippen LogP contribution in [0.5, 0.6) is 0 Å². The van der Waals surface area contributed by atoms with Crippen LogP contribution in [-0.4, -0.2) is 5.91 Å². The molecule has 2 rings (SSSR count). The number of carbonyl (C=O) groups excluding carboxylic acids is 1. The number of carbonyl (C=O) groups is 1. The molecule has 0 radical (unpaired) electrons. The average molecular weight is 267 g/mol. The van der Waals surface area contributed by atoms with E-state index in [1.165, 1.54) is 18.6 Å². The van der Waals surface area contributed by atoms with E-state index >= 15 is 0 Å². The maximum atomic E-state index is 13.3. The molecule has 0 heterocycles. The molecule has 1 fully saturated rings. The summed E-state index contributed by atoms with van der Waals surface area (Å²) in [5.74, 6) is -1.48. The molecule has 0 aromatic heterocycles. The SMILES string of the molecule is NC(=O)CC(c1cc(F)cc(F)c1)C1CCCCC1. The summed E-state index contributed by atoms with van der Waals surface area (Å²) in [5.41, 5.74) is 5.85. The number of hydrogen-bond acceptors (Lipinski definition) is 1. The first-order chi connectivity index (χ1) is 9.06. The van der Waals surface area contributed by atoms with Gasteiger partial charge in [0.05, 0.1) is 0 Å². The fourth-order valence-electron chi connectivity index (χ4n) is 3.10. The van der Waals surface area contributed by atoms with Gasteiger partial charge in [-0.15, -0.1) is 0 Å². The van der Waals surface area contributed by atoms with Crippen LogP contribution in [0.3, 0.4) is 0 Å². The van der Waals surface area contributed by atoms with Crippen molar-refractivity contribution >= 4 is 5.91 Å². The van der Waals surface area contributed by atoms with Crippen LogP contribution < -0.4 is 5.73 Å². The number of hydrogen-bond donors (Lipinski definition) is 1. The van der Waals surface area contributed by atoms with Crippen molar-refractivity contribution < 1.29 is 13.6 Å². The lowest BCUT2D eigenvalue weighted by atomic mass is 9.75. The zero-order valence-corrected chi connectivity index (χ0v) is 10.9. The van der Waals surface area contributed by atoms with Gasteiger partial charge in [-0.3, -0.25) is 4.79 Å². The number of benzene rings is 1. The molecule has 19 heavy (non-hydrogen) atoms. The van der Waals surface area contributed by atoms with Crippen molar-refractivity contribution in [2.45, 2.75) is 44.4 Å². The molecule has 1 saturated carbocycles. The lowest BCUT2D eigenvalue weighted by molar-refractivity contribution is -0.118. The Morgan fingerprint density at radius 3 is 2.26 bits per heavy atom. The number of rotatable bonds is 4. The molecule has 104 valence electrons. The zero-order chi connectivity index (χ0) is 13.8. The largest absolute Gasteiger partial charge is 0.370 e. The molecule has 1 atom stereocenters. The fraction of sp³-hybridized carbons (Fsp3) is 0.533. The highest BCUT2D eigenvalue weighted by Gasteiger charge is 2.27. The first kappa shape index (κ1) is 14.0. The van der Waals surface area contributed by atoms with Gasteiger partial charge >= 0.3 is 0 Å². The van der Waals surface area contributed by atoms with Gasteiger partial charge < -0.3 is 5.73 Å². The van der Waals surface area contributed by atoms with Crippen LogP contribution in [0.15, 0.2) is 18.2 Å². The molecule has 1 amide bonds. The minimum Gasteiger partial charge on any atom is -0.370 e. The van der Waals surface area contributed by atoms with Crippen LogP contribution in [0.1, 0.15) is 50.0 Å². The Morgan fingerprint density at radius 2 is 1.74 bits per heavy atom. The van der Waals surface area contributed by atoms with E-state index < -0.39 is 17.5 Å². The van der Waals surface area contributed by atoms with Gasteiger partial charge in [-0.1, -0.05) is 19.3 Å². The van der Waals surface area contributed by atoms with E-state index in [0.29, 0.717) is 11.5 Å².